The fourth-order valence-corrected chi connectivity index (χ4v) is 6.69. The summed E-state index contributed by atoms with van der Waals surface area (Å²) in [5.74, 6) is -0.522. The van der Waals surface area contributed by atoms with Crippen molar-refractivity contribution in [3.05, 3.63) is 0 Å². The van der Waals surface area contributed by atoms with Crippen LogP contribution in [-0.2, 0) is 28.9 Å². The number of fused-ring (bicyclic) bond motifs is 4. The standard InChI is InChI=1S/C19H27NO6/c1-11-5-6-14-18(10-12-4-3-9-20(12)24-18)15(21)22-16-19(14)13(11)7-8-17(2,23-16)25-26-19/h11-14,16H,3-10H2,1-2H3/t11-,12+,13+,14+,16-,17-,18-,19-/m1/s1. The summed E-state index contributed by atoms with van der Waals surface area (Å²) in [5, 5.41) is 2.01. The van der Waals surface area contributed by atoms with E-state index in [9.17, 15) is 4.79 Å². The molecule has 0 aromatic heterocycles. The second-order valence-electron chi connectivity index (χ2n) is 9.38. The summed E-state index contributed by atoms with van der Waals surface area (Å²) in [6.07, 6.45) is 5.79. The molecule has 8 atom stereocenters. The zero-order valence-electron chi connectivity index (χ0n) is 15.4. The molecule has 26 heavy (non-hydrogen) atoms. The average Bonchev–Trinajstić information content (AvgIpc) is 3.09. The highest BCUT2D eigenvalue weighted by Crippen LogP contribution is 2.63. The minimum absolute atomic E-state index is 0.101. The summed E-state index contributed by atoms with van der Waals surface area (Å²) < 4.78 is 12.1. The molecule has 2 spiro atoms. The van der Waals surface area contributed by atoms with Crippen molar-refractivity contribution in [3.8, 4) is 0 Å². The van der Waals surface area contributed by atoms with E-state index in [-0.39, 0.29) is 17.8 Å². The number of esters is 1. The first kappa shape index (κ1) is 16.2. The van der Waals surface area contributed by atoms with Crippen LogP contribution in [0, 0.1) is 17.8 Å². The van der Waals surface area contributed by atoms with Crippen molar-refractivity contribution in [3.63, 3.8) is 0 Å². The SMILES string of the molecule is C[C@@H]1CC[C@@H]2[C@]34OO[C@](C)(CC[C@@H]13)O[C@H]4OC(=O)[C@@]21C[C@@H]2CCCN2O1. The summed E-state index contributed by atoms with van der Waals surface area (Å²) in [6, 6.07) is 0.301. The van der Waals surface area contributed by atoms with Gasteiger partial charge in [-0.3, -0.25) is 4.84 Å². The molecular weight excluding hydrogens is 338 g/mol. The average molecular weight is 365 g/mol. The van der Waals surface area contributed by atoms with E-state index in [0.29, 0.717) is 18.4 Å². The van der Waals surface area contributed by atoms with Crippen LogP contribution >= 0.6 is 0 Å². The van der Waals surface area contributed by atoms with Gasteiger partial charge >= 0.3 is 5.97 Å². The molecule has 1 aliphatic carbocycles. The maximum Gasteiger partial charge on any atom is 0.343 e. The topological polar surface area (TPSA) is 66.5 Å². The number of rotatable bonds is 0. The van der Waals surface area contributed by atoms with Crippen LogP contribution < -0.4 is 0 Å². The molecule has 0 unspecified atom stereocenters. The number of hydroxylamine groups is 2. The molecule has 1 saturated carbocycles. The lowest BCUT2D eigenvalue weighted by molar-refractivity contribution is -0.564. The van der Waals surface area contributed by atoms with Gasteiger partial charge in [0.25, 0.3) is 0 Å². The highest BCUT2D eigenvalue weighted by molar-refractivity contribution is 5.82. The second kappa shape index (κ2) is 5.00. The molecule has 0 aromatic rings. The second-order valence-corrected chi connectivity index (χ2v) is 9.38. The Bertz CT molecular complexity index is 644. The highest BCUT2D eigenvalue weighted by Gasteiger charge is 2.77. The van der Waals surface area contributed by atoms with Crippen LogP contribution in [0.25, 0.3) is 0 Å². The molecular formula is C19H27NO6. The molecule has 0 radical (unpaired) electrons. The number of carbonyl (C=O) groups is 1. The van der Waals surface area contributed by atoms with E-state index in [4.69, 9.17) is 24.1 Å². The molecule has 2 bridgehead atoms. The van der Waals surface area contributed by atoms with E-state index in [2.05, 4.69) is 6.92 Å². The first-order chi connectivity index (χ1) is 12.5. The van der Waals surface area contributed by atoms with Crippen molar-refractivity contribution in [1.29, 1.82) is 0 Å². The van der Waals surface area contributed by atoms with Gasteiger partial charge in [-0.25, -0.2) is 14.6 Å². The predicted octanol–water partition coefficient (Wildman–Crippen LogP) is 2.30. The van der Waals surface area contributed by atoms with Crippen molar-refractivity contribution in [2.24, 2.45) is 17.8 Å². The molecule has 144 valence electrons. The third kappa shape index (κ3) is 1.79. The van der Waals surface area contributed by atoms with Crippen molar-refractivity contribution in [2.45, 2.75) is 88.1 Å². The summed E-state index contributed by atoms with van der Waals surface area (Å²) in [4.78, 5) is 31.6. The summed E-state index contributed by atoms with van der Waals surface area (Å²) >= 11 is 0. The fraction of sp³-hybridized carbons (Fsp3) is 0.947. The highest BCUT2D eigenvalue weighted by atomic mass is 17.3. The van der Waals surface area contributed by atoms with Gasteiger partial charge < -0.3 is 9.47 Å². The Hall–Kier alpha value is -0.730. The minimum atomic E-state index is -0.954. The molecule has 0 amide bonds. The van der Waals surface area contributed by atoms with Crippen LogP contribution in [0.1, 0.15) is 58.8 Å². The molecule has 7 rings (SSSR count). The number of carbonyl (C=O) groups excluding carboxylic acids is 1. The normalized spacial score (nSPS) is 58.4. The lowest BCUT2D eigenvalue weighted by Gasteiger charge is -2.60. The zero-order valence-corrected chi connectivity index (χ0v) is 15.4. The van der Waals surface area contributed by atoms with E-state index in [1.54, 1.807) is 0 Å². The van der Waals surface area contributed by atoms with Gasteiger partial charge in [0.05, 0.1) is 0 Å². The largest absolute Gasteiger partial charge is 0.430 e. The zero-order chi connectivity index (χ0) is 17.7. The maximum absolute atomic E-state index is 13.2. The van der Waals surface area contributed by atoms with E-state index in [0.717, 1.165) is 45.1 Å². The summed E-state index contributed by atoms with van der Waals surface area (Å²) in [5.41, 5.74) is -1.72. The van der Waals surface area contributed by atoms with Crippen molar-refractivity contribution < 1.29 is 28.9 Å². The molecule has 7 aliphatic rings. The Morgan fingerprint density at radius 2 is 2.04 bits per heavy atom. The van der Waals surface area contributed by atoms with Gasteiger partial charge in [-0.1, -0.05) is 6.92 Å². The smallest absolute Gasteiger partial charge is 0.343 e. The number of ether oxygens (including phenoxy) is 2. The molecule has 0 aromatic carbocycles. The van der Waals surface area contributed by atoms with Crippen molar-refractivity contribution in [1.82, 2.24) is 5.06 Å². The predicted molar refractivity (Wildman–Crippen MR) is 87.0 cm³/mol. The van der Waals surface area contributed by atoms with E-state index in [1.807, 2.05) is 12.0 Å². The van der Waals surface area contributed by atoms with Crippen LogP contribution in [0.5, 0.6) is 0 Å². The van der Waals surface area contributed by atoms with Gasteiger partial charge in [0.1, 0.15) is 0 Å². The quantitative estimate of drug-likeness (QED) is 0.482. The molecule has 7 fully saturated rings. The van der Waals surface area contributed by atoms with Crippen molar-refractivity contribution >= 4 is 5.97 Å². The van der Waals surface area contributed by atoms with E-state index >= 15 is 0 Å². The van der Waals surface area contributed by atoms with Gasteiger partial charge in [-0.15, -0.1) is 0 Å². The number of hydrogen-bond acceptors (Lipinski definition) is 7. The van der Waals surface area contributed by atoms with Crippen LogP contribution in [0.4, 0.5) is 0 Å². The van der Waals surface area contributed by atoms with Gasteiger partial charge in [-0.05, 0) is 44.9 Å². The lowest BCUT2D eigenvalue weighted by atomic mass is 9.56. The van der Waals surface area contributed by atoms with Crippen LogP contribution in [0.3, 0.4) is 0 Å². The molecule has 6 aliphatic heterocycles. The molecule has 7 nitrogen and oxygen atoms in total. The van der Waals surface area contributed by atoms with Crippen LogP contribution in [0.15, 0.2) is 0 Å². The first-order valence-electron chi connectivity index (χ1n) is 10.2. The van der Waals surface area contributed by atoms with Crippen LogP contribution in [-0.4, -0.2) is 46.9 Å². The molecule has 7 heteroatoms. The van der Waals surface area contributed by atoms with Crippen LogP contribution in [0.2, 0.25) is 0 Å². The Balaban J connectivity index is 1.48. The summed E-state index contributed by atoms with van der Waals surface area (Å²) in [7, 11) is 0. The summed E-state index contributed by atoms with van der Waals surface area (Å²) in [6.45, 7) is 5.03. The van der Waals surface area contributed by atoms with Gasteiger partial charge in [0, 0.05) is 37.3 Å². The third-order valence-corrected chi connectivity index (χ3v) is 7.98. The molecule has 6 heterocycles. The minimum Gasteiger partial charge on any atom is -0.430 e. The number of nitrogens with zero attached hydrogens (tertiary/aromatic N) is 1. The van der Waals surface area contributed by atoms with Gasteiger partial charge in [0.2, 0.25) is 12.1 Å². The van der Waals surface area contributed by atoms with E-state index < -0.39 is 23.3 Å². The van der Waals surface area contributed by atoms with Crippen molar-refractivity contribution in [2.75, 3.05) is 6.54 Å². The first-order valence-corrected chi connectivity index (χ1v) is 10.2. The Kier molecular flexibility index (Phi) is 3.12. The Labute approximate surface area is 153 Å². The fourth-order valence-electron chi connectivity index (χ4n) is 6.69. The molecule has 0 N–H and O–H groups in total. The molecule has 6 saturated heterocycles. The third-order valence-electron chi connectivity index (χ3n) is 7.98. The Morgan fingerprint density at radius 3 is 2.88 bits per heavy atom. The number of hydrogen-bond donors (Lipinski definition) is 0. The maximum atomic E-state index is 13.2. The van der Waals surface area contributed by atoms with Gasteiger partial charge in [-0.2, -0.15) is 5.06 Å². The Morgan fingerprint density at radius 1 is 1.15 bits per heavy atom. The lowest BCUT2D eigenvalue weighted by Crippen LogP contribution is -2.75. The monoisotopic (exact) mass is 365 g/mol. The van der Waals surface area contributed by atoms with E-state index in [1.165, 1.54) is 0 Å². The van der Waals surface area contributed by atoms with Gasteiger partial charge in [0.15, 0.2) is 11.2 Å².